The molecule has 1 aliphatic rings. The van der Waals surface area contributed by atoms with E-state index in [0.717, 1.165) is 10.9 Å². The Morgan fingerprint density at radius 3 is 2.49 bits per heavy atom. The first-order chi connectivity index (χ1) is 17.3. The minimum Gasteiger partial charge on any atom is -0.766 e. The van der Waals surface area contributed by atoms with Gasteiger partial charge in [0.25, 0.3) is 0 Å². The summed E-state index contributed by atoms with van der Waals surface area (Å²) in [6.07, 6.45) is -6.47. The fourth-order valence-corrected chi connectivity index (χ4v) is 5.25. The van der Waals surface area contributed by atoms with Gasteiger partial charge in [-0.15, -0.1) is 0 Å². The summed E-state index contributed by atoms with van der Waals surface area (Å²) >= 11 is 0. The molecule has 206 valence electrons. The maximum Gasteiger partial charge on any atom is 0.238 e. The second-order valence-corrected chi connectivity index (χ2v) is 11.0. The smallest absolute Gasteiger partial charge is 0.238 e. The lowest BCUT2D eigenvalue weighted by atomic mass is 10.0. The van der Waals surface area contributed by atoms with Crippen molar-refractivity contribution in [3.05, 3.63) is 36.0 Å². The Morgan fingerprint density at radius 1 is 1.16 bits per heavy atom. The van der Waals surface area contributed by atoms with Gasteiger partial charge in [0.1, 0.15) is 18.3 Å². The molecule has 8 unspecified atom stereocenters. The van der Waals surface area contributed by atoms with E-state index < -0.39 is 62.4 Å². The summed E-state index contributed by atoms with van der Waals surface area (Å²) in [5.41, 5.74) is 1.40. The number of aliphatic hydroxyl groups is 3. The maximum atomic E-state index is 13.0. The van der Waals surface area contributed by atoms with E-state index in [1.807, 2.05) is 12.1 Å². The highest BCUT2D eigenvalue weighted by Crippen LogP contribution is 2.38. The molecule has 14 heteroatoms. The van der Waals surface area contributed by atoms with Gasteiger partial charge >= 0.3 is 0 Å². The normalized spacial score (nSPS) is 27.5. The summed E-state index contributed by atoms with van der Waals surface area (Å²) < 4.78 is 22.7. The van der Waals surface area contributed by atoms with Crippen molar-refractivity contribution in [3.63, 3.8) is 0 Å². The number of aromatic nitrogens is 1. The van der Waals surface area contributed by atoms with Crippen molar-refractivity contribution in [2.45, 2.75) is 76.4 Å². The monoisotopic (exact) mass is 541 g/mol. The molecule has 1 saturated heterocycles. The molecule has 37 heavy (non-hydrogen) atoms. The number of para-hydroxylation sites is 1. The van der Waals surface area contributed by atoms with Crippen LogP contribution in [0, 0.1) is 5.92 Å². The molecule has 0 saturated carbocycles. The molecular weight excluding hydrogens is 509 g/mol. The van der Waals surface area contributed by atoms with Crippen LogP contribution in [-0.4, -0.2) is 75.0 Å². The molecule has 1 amide bonds. The summed E-state index contributed by atoms with van der Waals surface area (Å²) in [5.74, 6) is -2.66. The number of rotatable bonds is 11. The van der Waals surface area contributed by atoms with Gasteiger partial charge < -0.3 is 45.2 Å². The molecule has 2 aromatic rings. The molecule has 0 spiro atoms. The second-order valence-electron chi connectivity index (χ2n) is 9.54. The number of hydrogen-bond acceptors (Lipinski definition) is 10. The van der Waals surface area contributed by atoms with Crippen LogP contribution in [-0.2, 0) is 29.8 Å². The van der Waals surface area contributed by atoms with Crippen LogP contribution in [0.2, 0.25) is 0 Å². The SMILES string of the molecule is CC(C)CC(NP(=O)([O-])OC1OC(C)C(O)C(O)C1O)C(=O)NC(Cc1c[nH]c2ccccc12)C(=O)[O-]. The summed E-state index contributed by atoms with van der Waals surface area (Å²) in [7, 11) is -5.10. The van der Waals surface area contributed by atoms with Crippen LogP contribution in [0.15, 0.2) is 30.5 Å². The zero-order chi connectivity index (χ0) is 27.5. The first kappa shape index (κ1) is 29.2. The maximum absolute atomic E-state index is 13.0. The van der Waals surface area contributed by atoms with Gasteiger partial charge in [0.2, 0.25) is 13.7 Å². The molecule has 0 radical (unpaired) electrons. The third-order valence-corrected chi connectivity index (χ3v) is 7.20. The Kier molecular flexibility index (Phi) is 9.48. The first-order valence-electron chi connectivity index (χ1n) is 11.8. The summed E-state index contributed by atoms with van der Waals surface area (Å²) in [4.78, 5) is 40.6. The third kappa shape index (κ3) is 7.37. The summed E-state index contributed by atoms with van der Waals surface area (Å²) in [5, 5.41) is 46.7. The zero-order valence-corrected chi connectivity index (χ0v) is 21.5. The van der Waals surface area contributed by atoms with Crippen molar-refractivity contribution >= 4 is 30.5 Å². The lowest BCUT2D eigenvalue weighted by Gasteiger charge is -2.41. The van der Waals surface area contributed by atoms with Crippen LogP contribution >= 0.6 is 7.75 Å². The number of aromatic amines is 1. The topological polar surface area (TPSA) is 216 Å². The number of H-pyrrole nitrogens is 1. The third-order valence-electron chi connectivity index (χ3n) is 6.09. The van der Waals surface area contributed by atoms with Crippen molar-refractivity contribution in [1.29, 1.82) is 0 Å². The lowest BCUT2D eigenvalue weighted by molar-refractivity contribution is -0.308. The number of carbonyl (C=O) groups excluding carboxylic acids is 2. The standard InChI is InChI=1S/C23H34N3O10P/c1-11(2)8-16(26-37(33,34)36-23-20(29)19(28)18(27)12(3)35-23)21(30)25-17(22(31)32)9-13-10-24-15-7-5-4-6-14(13)15/h4-7,10-12,16-20,23-24,27-29H,8-9H2,1-3H3,(H,25,30)(H,31,32)(H2,26,33,34)/p-2. The quantitative estimate of drug-likeness (QED) is 0.176. The van der Waals surface area contributed by atoms with E-state index in [1.165, 1.54) is 6.92 Å². The summed E-state index contributed by atoms with van der Waals surface area (Å²) in [6, 6.07) is 4.31. The number of hydrogen-bond donors (Lipinski definition) is 6. The van der Waals surface area contributed by atoms with Gasteiger partial charge in [0.05, 0.1) is 24.2 Å². The highest BCUT2D eigenvalue weighted by molar-refractivity contribution is 7.49. The molecule has 2 heterocycles. The van der Waals surface area contributed by atoms with Gasteiger partial charge in [-0.25, -0.2) is 5.09 Å². The van der Waals surface area contributed by atoms with Crippen LogP contribution in [0.1, 0.15) is 32.8 Å². The number of fused-ring (bicyclic) bond motifs is 1. The minimum absolute atomic E-state index is 0.0138. The van der Waals surface area contributed by atoms with Gasteiger partial charge in [-0.05, 0) is 30.9 Å². The number of carboxylic acids is 1. The Hall–Kier alpha value is -2.35. The number of nitrogens with one attached hydrogen (secondary N) is 3. The fraction of sp³-hybridized carbons (Fsp3) is 0.565. The van der Waals surface area contributed by atoms with Crippen molar-refractivity contribution in [2.24, 2.45) is 5.92 Å². The van der Waals surface area contributed by atoms with Gasteiger partial charge in [0.15, 0.2) is 6.29 Å². The Balaban J connectivity index is 1.72. The number of carbonyl (C=O) groups is 2. The van der Waals surface area contributed by atoms with E-state index in [-0.39, 0.29) is 18.8 Å². The molecule has 0 bridgehead atoms. The van der Waals surface area contributed by atoms with Crippen molar-refractivity contribution in [2.75, 3.05) is 0 Å². The molecule has 13 nitrogen and oxygen atoms in total. The van der Waals surface area contributed by atoms with E-state index in [9.17, 15) is 39.5 Å². The predicted octanol–water partition coefficient (Wildman–Crippen LogP) is -1.74. The van der Waals surface area contributed by atoms with Crippen LogP contribution in [0.5, 0.6) is 0 Å². The predicted molar refractivity (Wildman–Crippen MR) is 126 cm³/mol. The van der Waals surface area contributed by atoms with Gasteiger partial charge in [-0.2, -0.15) is 0 Å². The number of carboxylic acid groups (broad SMARTS) is 1. The number of amides is 1. The second kappa shape index (κ2) is 12.0. The first-order valence-corrected chi connectivity index (χ1v) is 13.4. The van der Waals surface area contributed by atoms with Crippen molar-refractivity contribution in [1.82, 2.24) is 15.4 Å². The number of ether oxygens (including phenoxy) is 1. The Bertz CT molecular complexity index is 1140. The van der Waals surface area contributed by atoms with E-state index in [1.54, 1.807) is 32.2 Å². The zero-order valence-electron chi connectivity index (χ0n) is 20.6. The van der Waals surface area contributed by atoms with E-state index >= 15 is 0 Å². The average Bonchev–Trinajstić information content (AvgIpc) is 3.22. The van der Waals surface area contributed by atoms with E-state index in [0.29, 0.717) is 5.56 Å². The van der Waals surface area contributed by atoms with Crippen molar-refractivity contribution in [3.8, 4) is 0 Å². The largest absolute Gasteiger partial charge is 0.766 e. The average molecular weight is 541 g/mol. The Morgan fingerprint density at radius 2 is 1.84 bits per heavy atom. The van der Waals surface area contributed by atoms with Gasteiger partial charge in [0, 0.05) is 23.5 Å². The molecule has 0 aliphatic carbocycles. The van der Waals surface area contributed by atoms with Crippen molar-refractivity contribution < 1.29 is 48.7 Å². The molecule has 1 aliphatic heterocycles. The number of benzene rings is 1. The van der Waals surface area contributed by atoms with Gasteiger partial charge in [-0.3, -0.25) is 13.9 Å². The van der Waals surface area contributed by atoms with Crippen LogP contribution < -0.4 is 20.4 Å². The lowest BCUT2D eigenvalue weighted by Crippen LogP contribution is -2.58. The molecule has 8 atom stereocenters. The molecular formula is C23H32N3O10P-2. The molecule has 1 fully saturated rings. The molecule has 1 aromatic heterocycles. The molecule has 6 N–H and O–H groups in total. The fourth-order valence-electron chi connectivity index (χ4n) is 4.13. The van der Waals surface area contributed by atoms with Crippen LogP contribution in [0.4, 0.5) is 0 Å². The summed E-state index contributed by atoms with van der Waals surface area (Å²) in [6.45, 7) is 4.81. The number of aliphatic hydroxyl groups excluding tert-OH is 3. The number of aliphatic carboxylic acids is 1. The minimum atomic E-state index is -5.10. The highest BCUT2D eigenvalue weighted by Gasteiger charge is 2.44. The van der Waals surface area contributed by atoms with E-state index in [4.69, 9.17) is 9.26 Å². The molecule has 1 aromatic carbocycles. The highest BCUT2D eigenvalue weighted by atomic mass is 31.2. The van der Waals surface area contributed by atoms with Crippen LogP contribution in [0.3, 0.4) is 0 Å². The van der Waals surface area contributed by atoms with Crippen LogP contribution in [0.25, 0.3) is 10.9 Å². The Labute approximate surface area is 213 Å². The van der Waals surface area contributed by atoms with Gasteiger partial charge in [-0.1, -0.05) is 32.0 Å². The van der Waals surface area contributed by atoms with E-state index in [2.05, 4.69) is 15.4 Å². The molecule has 3 rings (SSSR count).